The van der Waals surface area contributed by atoms with E-state index in [0.29, 0.717) is 32.7 Å². The molecule has 0 aliphatic rings. The molecule has 0 heterocycles. The Bertz CT molecular complexity index is 175. The first kappa shape index (κ1) is 18.7. The molecule has 6 nitrogen and oxygen atoms in total. The van der Waals surface area contributed by atoms with Gasteiger partial charge < -0.3 is 26.0 Å². The van der Waals surface area contributed by atoms with Crippen LogP contribution in [0.1, 0.15) is 27.2 Å². The average molecular weight is 250 g/mol. The molecule has 5 N–H and O–H groups in total. The van der Waals surface area contributed by atoms with Crippen LogP contribution in [0.15, 0.2) is 0 Å². The maximum atomic E-state index is 10.8. The van der Waals surface area contributed by atoms with Gasteiger partial charge in [-0.3, -0.25) is 4.79 Å². The van der Waals surface area contributed by atoms with Gasteiger partial charge in [0.25, 0.3) is 0 Å². The standard InChI is InChI=1S/C8H17NO3.C3H9NO/c1-3-12-8(11)4-5-9-6-7(2)10;1-3(5)2-4/h7,9-10H,3-6H2,1-2H3;3,5H,2,4H2,1H3/t7-;3-/m11/s1. The summed E-state index contributed by atoms with van der Waals surface area (Å²) >= 11 is 0. The molecule has 17 heavy (non-hydrogen) atoms. The summed E-state index contributed by atoms with van der Waals surface area (Å²) in [5, 5.41) is 20.0. The number of aliphatic hydroxyl groups excluding tert-OH is 2. The fourth-order valence-electron chi connectivity index (χ4n) is 0.735. The average Bonchev–Trinajstić information content (AvgIpc) is 2.25. The lowest BCUT2D eigenvalue weighted by atomic mass is 10.4. The zero-order valence-electron chi connectivity index (χ0n) is 11.0. The van der Waals surface area contributed by atoms with Crippen LogP contribution in [0.25, 0.3) is 0 Å². The summed E-state index contributed by atoms with van der Waals surface area (Å²) in [6.07, 6.45) is -0.345. The van der Waals surface area contributed by atoms with Crippen molar-refractivity contribution in [1.82, 2.24) is 5.32 Å². The zero-order valence-corrected chi connectivity index (χ0v) is 11.0. The number of aliphatic hydroxyl groups is 2. The van der Waals surface area contributed by atoms with Crippen molar-refractivity contribution in [3.8, 4) is 0 Å². The Balaban J connectivity index is 0. The number of hydrogen-bond acceptors (Lipinski definition) is 6. The lowest BCUT2D eigenvalue weighted by molar-refractivity contribution is -0.143. The van der Waals surface area contributed by atoms with Crippen molar-refractivity contribution in [3.63, 3.8) is 0 Å². The fourth-order valence-corrected chi connectivity index (χ4v) is 0.735. The lowest BCUT2D eigenvalue weighted by Crippen LogP contribution is -2.26. The Kier molecular flexibility index (Phi) is 14.7. The number of carbonyl (C=O) groups is 1. The van der Waals surface area contributed by atoms with Gasteiger partial charge in [-0.05, 0) is 20.8 Å². The summed E-state index contributed by atoms with van der Waals surface area (Å²) in [6, 6.07) is 0. The first-order valence-corrected chi connectivity index (χ1v) is 5.86. The van der Waals surface area contributed by atoms with E-state index in [1.807, 2.05) is 0 Å². The highest BCUT2D eigenvalue weighted by atomic mass is 16.5. The van der Waals surface area contributed by atoms with Crippen LogP contribution in [0.3, 0.4) is 0 Å². The Labute approximate surface area is 103 Å². The van der Waals surface area contributed by atoms with Gasteiger partial charge in [0.15, 0.2) is 0 Å². The molecular weight excluding hydrogens is 224 g/mol. The fraction of sp³-hybridized carbons (Fsp3) is 0.909. The second kappa shape index (κ2) is 13.4. The molecule has 0 unspecified atom stereocenters. The lowest BCUT2D eigenvalue weighted by Gasteiger charge is -2.05. The third kappa shape index (κ3) is 21.2. The van der Waals surface area contributed by atoms with Crippen LogP contribution in [0.2, 0.25) is 0 Å². The van der Waals surface area contributed by atoms with Gasteiger partial charge in [-0.15, -0.1) is 0 Å². The van der Waals surface area contributed by atoms with E-state index in [9.17, 15) is 4.79 Å². The number of nitrogens with two attached hydrogens (primary N) is 1. The summed E-state index contributed by atoms with van der Waals surface area (Å²) in [7, 11) is 0. The molecule has 0 aromatic rings. The smallest absolute Gasteiger partial charge is 0.307 e. The van der Waals surface area contributed by atoms with Gasteiger partial charge in [-0.25, -0.2) is 0 Å². The molecule has 0 bridgehead atoms. The van der Waals surface area contributed by atoms with Crippen LogP contribution < -0.4 is 11.1 Å². The van der Waals surface area contributed by atoms with Crippen molar-refractivity contribution in [1.29, 1.82) is 0 Å². The predicted octanol–water partition coefficient (Wildman–Crippen LogP) is -0.764. The molecule has 2 atom stereocenters. The molecule has 0 saturated carbocycles. The molecule has 0 rings (SSSR count). The molecule has 0 spiro atoms. The third-order valence-corrected chi connectivity index (χ3v) is 1.59. The second-order valence-corrected chi connectivity index (χ2v) is 3.69. The molecule has 0 aliphatic heterocycles. The van der Waals surface area contributed by atoms with E-state index in [4.69, 9.17) is 20.7 Å². The van der Waals surface area contributed by atoms with Crippen molar-refractivity contribution >= 4 is 5.97 Å². The van der Waals surface area contributed by atoms with Gasteiger partial charge in [0.05, 0.1) is 25.2 Å². The van der Waals surface area contributed by atoms with E-state index in [1.165, 1.54) is 0 Å². The number of nitrogens with one attached hydrogen (secondary N) is 1. The van der Waals surface area contributed by atoms with E-state index in [2.05, 4.69) is 5.32 Å². The minimum Gasteiger partial charge on any atom is -0.466 e. The van der Waals surface area contributed by atoms with Gasteiger partial charge in [-0.1, -0.05) is 0 Å². The molecule has 0 fully saturated rings. The third-order valence-electron chi connectivity index (χ3n) is 1.59. The highest BCUT2D eigenvalue weighted by Crippen LogP contribution is 1.84. The normalized spacial score (nSPS) is 13.3. The van der Waals surface area contributed by atoms with Crippen LogP contribution in [-0.2, 0) is 9.53 Å². The number of carbonyl (C=O) groups excluding carboxylic acids is 1. The van der Waals surface area contributed by atoms with Crippen molar-refractivity contribution in [3.05, 3.63) is 0 Å². The van der Waals surface area contributed by atoms with Gasteiger partial charge in [0.1, 0.15) is 0 Å². The van der Waals surface area contributed by atoms with Gasteiger partial charge in [0, 0.05) is 19.6 Å². The number of hydrogen-bond donors (Lipinski definition) is 4. The first-order valence-electron chi connectivity index (χ1n) is 5.86. The van der Waals surface area contributed by atoms with Crippen molar-refractivity contribution < 1.29 is 19.7 Å². The van der Waals surface area contributed by atoms with Crippen LogP contribution in [0.5, 0.6) is 0 Å². The Hall–Kier alpha value is -0.690. The SMILES string of the molecule is CCOC(=O)CCNC[C@@H](C)O.C[C@@H](O)CN. The molecule has 104 valence electrons. The molecule has 6 heteroatoms. The van der Waals surface area contributed by atoms with Gasteiger partial charge >= 0.3 is 5.97 Å². The second-order valence-electron chi connectivity index (χ2n) is 3.69. The van der Waals surface area contributed by atoms with Gasteiger partial charge in [0.2, 0.25) is 0 Å². The first-order chi connectivity index (χ1) is 7.93. The van der Waals surface area contributed by atoms with Crippen LogP contribution in [0.4, 0.5) is 0 Å². The highest BCUT2D eigenvalue weighted by molar-refractivity contribution is 5.69. The highest BCUT2D eigenvalue weighted by Gasteiger charge is 2.00. The van der Waals surface area contributed by atoms with E-state index in [1.54, 1.807) is 20.8 Å². The molecule has 0 amide bonds. The number of ether oxygens (including phenoxy) is 1. The largest absolute Gasteiger partial charge is 0.466 e. The predicted molar refractivity (Wildman–Crippen MR) is 66.5 cm³/mol. The molecule has 0 aromatic heterocycles. The van der Waals surface area contributed by atoms with Crippen LogP contribution >= 0.6 is 0 Å². The maximum Gasteiger partial charge on any atom is 0.307 e. The molecule has 0 aromatic carbocycles. The minimum atomic E-state index is -0.368. The van der Waals surface area contributed by atoms with Crippen LogP contribution in [-0.4, -0.2) is 54.6 Å². The van der Waals surface area contributed by atoms with E-state index >= 15 is 0 Å². The monoisotopic (exact) mass is 250 g/mol. The minimum absolute atomic E-state index is 0.199. The molecule has 0 radical (unpaired) electrons. The van der Waals surface area contributed by atoms with E-state index in [-0.39, 0.29) is 18.2 Å². The quantitative estimate of drug-likeness (QED) is 0.349. The summed E-state index contributed by atoms with van der Waals surface area (Å²) < 4.78 is 4.71. The summed E-state index contributed by atoms with van der Waals surface area (Å²) in [5.41, 5.74) is 4.92. The van der Waals surface area contributed by atoms with Crippen LogP contribution in [0, 0.1) is 0 Å². The van der Waals surface area contributed by atoms with Gasteiger partial charge in [-0.2, -0.15) is 0 Å². The maximum absolute atomic E-state index is 10.8. The topological polar surface area (TPSA) is 105 Å². The van der Waals surface area contributed by atoms with E-state index in [0.717, 1.165) is 0 Å². The Morgan fingerprint density at radius 1 is 1.35 bits per heavy atom. The molecular formula is C11H26N2O4. The van der Waals surface area contributed by atoms with Crippen molar-refractivity contribution in [2.24, 2.45) is 5.73 Å². The molecule has 0 aliphatic carbocycles. The summed E-state index contributed by atoms with van der Waals surface area (Å²) in [6.45, 7) is 6.98. The number of esters is 1. The Morgan fingerprint density at radius 3 is 2.24 bits per heavy atom. The Morgan fingerprint density at radius 2 is 1.88 bits per heavy atom. The zero-order chi connectivity index (χ0) is 13.7. The summed E-state index contributed by atoms with van der Waals surface area (Å²) in [4.78, 5) is 10.8. The number of rotatable bonds is 7. The van der Waals surface area contributed by atoms with Crippen molar-refractivity contribution in [2.45, 2.75) is 39.4 Å². The van der Waals surface area contributed by atoms with Crippen molar-refractivity contribution in [2.75, 3.05) is 26.2 Å². The summed E-state index contributed by atoms with van der Waals surface area (Å²) in [5.74, 6) is -0.199. The molecule has 0 saturated heterocycles. The van der Waals surface area contributed by atoms with E-state index < -0.39 is 0 Å².